The van der Waals surface area contributed by atoms with Gasteiger partial charge in [0.2, 0.25) is 10.0 Å². The molecule has 1 atom stereocenters. The number of hydrogen-bond acceptors (Lipinski definition) is 3. The summed E-state index contributed by atoms with van der Waals surface area (Å²) in [5.74, 6) is -0.964. The predicted octanol–water partition coefficient (Wildman–Crippen LogP) is 2.32. The van der Waals surface area contributed by atoms with Gasteiger partial charge >= 0.3 is 5.97 Å². The monoisotopic (exact) mass is 309 g/mol. The highest BCUT2D eigenvalue weighted by molar-refractivity contribution is 7.92. The number of hydrogen-bond donors (Lipinski definition) is 1. The van der Waals surface area contributed by atoms with Gasteiger partial charge in [-0.1, -0.05) is 36.8 Å². The molecule has 1 aliphatic heterocycles. The van der Waals surface area contributed by atoms with E-state index < -0.39 is 22.0 Å². The molecule has 1 heterocycles. The Morgan fingerprint density at radius 2 is 2.00 bits per heavy atom. The molecule has 0 aliphatic carbocycles. The van der Waals surface area contributed by atoms with Gasteiger partial charge in [0.1, 0.15) is 0 Å². The SMILES string of the molecule is O=C(O)CC1CCCCN1S(=O)(=O)/C=C/c1ccccc1. The van der Waals surface area contributed by atoms with Crippen LogP contribution in [0.3, 0.4) is 0 Å². The van der Waals surface area contributed by atoms with Crippen molar-refractivity contribution in [3.05, 3.63) is 41.3 Å². The molecule has 21 heavy (non-hydrogen) atoms. The van der Waals surface area contributed by atoms with Crippen LogP contribution in [0.1, 0.15) is 31.2 Å². The first-order chi connectivity index (χ1) is 9.99. The number of carbonyl (C=O) groups is 1. The highest BCUT2D eigenvalue weighted by atomic mass is 32.2. The molecule has 1 aromatic rings. The third-order valence-electron chi connectivity index (χ3n) is 3.54. The number of sulfonamides is 1. The third-order valence-corrected chi connectivity index (χ3v) is 5.16. The highest BCUT2D eigenvalue weighted by Crippen LogP contribution is 2.24. The lowest BCUT2D eigenvalue weighted by atomic mass is 10.0. The van der Waals surface area contributed by atoms with Crippen molar-refractivity contribution < 1.29 is 18.3 Å². The zero-order valence-corrected chi connectivity index (χ0v) is 12.5. The molecule has 6 heteroatoms. The van der Waals surface area contributed by atoms with Crippen LogP contribution in [0, 0.1) is 0 Å². The van der Waals surface area contributed by atoms with E-state index in [1.165, 1.54) is 9.71 Å². The van der Waals surface area contributed by atoms with Crippen molar-refractivity contribution in [1.29, 1.82) is 0 Å². The number of piperidine rings is 1. The van der Waals surface area contributed by atoms with Crippen molar-refractivity contribution in [2.45, 2.75) is 31.7 Å². The quantitative estimate of drug-likeness (QED) is 0.905. The van der Waals surface area contributed by atoms with Crippen molar-refractivity contribution in [2.75, 3.05) is 6.54 Å². The maximum Gasteiger partial charge on any atom is 0.304 e. The minimum Gasteiger partial charge on any atom is -0.481 e. The van der Waals surface area contributed by atoms with Crippen molar-refractivity contribution in [2.24, 2.45) is 0 Å². The normalized spacial score (nSPS) is 20.7. The van der Waals surface area contributed by atoms with Crippen LogP contribution >= 0.6 is 0 Å². The van der Waals surface area contributed by atoms with Gasteiger partial charge in [0.15, 0.2) is 0 Å². The van der Waals surface area contributed by atoms with Crippen LogP contribution < -0.4 is 0 Å². The van der Waals surface area contributed by atoms with Crippen molar-refractivity contribution in [1.82, 2.24) is 4.31 Å². The fourth-order valence-corrected chi connectivity index (χ4v) is 3.99. The molecule has 5 nitrogen and oxygen atoms in total. The largest absolute Gasteiger partial charge is 0.481 e. The van der Waals surface area contributed by atoms with Crippen LogP contribution in [-0.4, -0.2) is 36.4 Å². The van der Waals surface area contributed by atoms with Gasteiger partial charge < -0.3 is 5.11 Å². The van der Waals surface area contributed by atoms with Crippen molar-refractivity contribution in [3.63, 3.8) is 0 Å². The molecule has 0 spiro atoms. The van der Waals surface area contributed by atoms with Gasteiger partial charge in [-0.15, -0.1) is 0 Å². The molecule has 2 rings (SSSR count). The van der Waals surface area contributed by atoms with Crippen LogP contribution in [0.4, 0.5) is 0 Å². The van der Waals surface area contributed by atoms with Crippen molar-refractivity contribution >= 4 is 22.1 Å². The molecule has 0 amide bonds. The van der Waals surface area contributed by atoms with E-state index in [2.05, 4.69) is 0 Å². The summed E-state index contributed by atoms with van der Waals surface area (Å²) in [7, 11) is -3.59. The second-order valence-corrected chi connectivity index (χ2v) is 6.89. The molecular formula is C15H19NO4S. The Balaban J connectivity index is 2.16. The Kier molecular flexibility index (Phi) is 5.14. The number of carboxylic acids is 1. The van der Waals surface area contributed by atoms with Gasteiger partial charge in [0, 0.05) is 18.0 Å². The standard InChI is InChI=1S/C15H19NO4S/c17-15(18)12-14-8-4-5-10-16(14)21(19,20)11-9-13-6-2-1-3-7-13/h1-3,6-7,9,11,14H,4-5,8,10,12H2,(H,17,18)/b11-9+. The summed E-state index contributed by atoms with van der Waals surface area (Å²) in [5.41, 5.74) is 0.799. The lowest BCUT2D eigenvalue weighted by molar-refractivity contribution is -0.138. The molecule has 1 aromatic carbocycles. The van der Waals surface area contributed by atoms with Gasteiger partial charge in [0.25, 0.3) is 0 Å². The van der Waals surface area contributed by atoms with Gasteiger partial charge in [-0.3, -0.25) is 4.79 Å². The van der Waals surface area contributed by atoms with E-state index in [1.807, 2.05) is 30.3 Å². The Labute approximate surface area is 124 Å². The summed E-state index contributed by atoms with van der Waals surface area (Å²) >= 11 is 0. The van der Waals surface area contributed by atoms with Crippen LogP contribution in [0.5, 0.6) is 0 Å². The lowest BCUT2D eigenvalue weighted by Gasteiger charge is -2.32. The minimum atomic E-state index is -3.59. The van der Waals surface area contributed by atoms with E-state index in [9.17, 15) is 13.2 Å². The molecule has 114 valence electrons. The van der Waals surface area contributed by atoms with E-state index in [0.29, 0.717) is 13.0 Å². The van der Waals surface area contributed by atoms with Crippen LogP contribution in [0.15, 0.2) is 35.7 Å². The molecule has 0 radical (unpaired) electrons. The Bertz CT molecular complexity index is 610. The minimum absolute atomic E-state index is 0.140. The fraction of sp³-hybridized carbons (Fsp3) is 0.400. The molecule has 1 fully saturated rings. The second kappa shape index (κ2) is 6.87. The zero-order chi connectivity index (χ0) is 15.3. The van der Waals surface area contributed by atoms with E-state index in [4.69, 9.17) is 5.11 Å². The maximum atomic E-state index is 12.4. The van der Waals surface area contributed by atoms with E-state index in [1.54, 1.807) is 6.08 Å². The summed E-state index contributed by atoms with van der Waals surface area (Å²) in [6.45, 7) is 0.388. The average Bonchev–Trinajstić information content (AvgIpc) is 2.46. The third kappa shape index (κ3) is 4.41. The number of carboxylic acid groups (broad SMARTS) is 1. The van der Waals surface area contributed by atoms with Crippen LogP contribution in [0.2, 0.25) is 0 Å². The zero-order valence-electron chi connectivity index (χ0n) is 11.7. The first-order valence-electron chi connectivity index (χ1n) is 6.96. The lowest BCUT2D eigenvalue weighted by Crippen LogP contribution is -2.43. The van der Waals surface area contributed by atoms with Crippen molar-refractivity contribution in [3.8, 4) is 0 Å². The molecule has 1 saturated heterocycles. The Morgan fingerprint density at radius 3 is 2.67 bits per heavy atom. The maximum absolute atomic E-state index is 12.4. The predicted molar refractivity (Wildman–Crippen MR) is 81.0 cm³/mol. The van der Waals surface area contributed by atoms with Gasteiger partial charge in [-0.05, 0) is 24.5 Å². The summed E-state index contributed by atoms with van der Waals surface area (Å²) in [6, 6.07) is 8.72. The number of benzene rings is 1. The molecule has 0 bridgehead atoms. The fourth-order valence-electron chi connectivity index (χ4n) is 2.52. The summed E-state index contributed by atoms with van der Waals surface area (Å²) in [6.07, 6.45) is 3.64. The summed E-state index contributed by atoms with van der Waals surface area (Å²) in [5, 5.41) is 10.1. The first-order valence-corrected chi connectivity index (χ1v) is 8.46. The number of nitrogens with zero attached hydrogens (tertiary/aromatic N) is 1. The van der Waals surface area contributed by atoms with Crippen LogP contribution in [0.25, 0.3) is 6.08 Å². The topological polar surface area (TPSA) is 74.7 Å². The van der Waals surface area contributed by atoms with E-state index >= 15 is 0 Å². The molecule has 0 aromatic heterocycles. The van der Waals surface area contributed by atoms with Gasteiger partial charge in [-0.25, -0.2) is 8.42 Å². The molecule has 0 saturated carbocycles. The molecular weight excluding hydrogens is 290 g/mol. The van der Waals surface area contributed by atoms with E-state index in [0.717, 1.165) is 18.4 Å². The Hall–Kier alpha value is -1.66. The van der Waals surface area contributed by atoms with Gasteiger partial charge in [-0.2, -0.15) is 4.31 Å². The summed E-state index contributed by atoms with van der Waals surface area (Å²) in [4.78, 5) is 10.9. The highest BCUT2D eigenvalue weighted by Gasteiger charge is 2.31. The molecule has 1 unspecified atom stereocenters. The second-order valence-electron chi connectivity index (χ2n) is 5.12. The van der Waals surface area contributed by atoms with Crippen LogP contribution in [-0.2, 0) is 14.8 Å². The first kappa shape index (κ1) is 15.7. The smallest absolute Gasteiger partial charge is 0.304 e. The number of rotatable bonds is 5. The Morgan fingerprint density at radius 1 is 1.29 bits per heavy atom. The van der Waals surface area contributed by atoms with Gasteiger partial charge in [0.05, 0.1) is 6.42 Å². The molecule has 1 aliphatic rings. The van der Waals surface area contributed by atoms with E-state index in [-0.39, 0.29) is 6.42 Å². The molecule has 1 N–H and O–H groups in total. The number of aliphatic carboxylic acids is 1. The average molecular weight is 309 g/mol. The summed E-state index contributed by atoms with van der Waals surface area (Å²) < 4.78 is 26.1.